The lowest BCUT2D eigenvalue weighted by molar-refractivity contribution is 0.200. The van der Waals surface area contributed by atoms with Crippen LogP contribution in [0, 0.1) is 19.8 Å². The van der Waals surface area contributed by atoms with Gasteiger partial charge in [0.25, 0.3) is 0 Å². The van der Waals surface area contributed by atoms with Gasteiger partial charge in [0.1, 0.15) is 0 Å². The molecule has 118 valence electrons. The number of nitrogens with one attached hydrogen (secondary N) is 1. The van der Waals surface area contributed by atoms with Gasteiger partial charge in [-0.1, -0.05) is 26.2 Å². The molecule has 1 saturated carbocycles. The first-order valence-electron chi connectivity index (χ1n) is 8.51. The zero-order valence-corrected chi connectivity index (χ0v) is 13.9. The molecule has 0 aliphatic heterocycles. The Bertz CT molecular complexity index is 439. The number of ether oxygens (including phenoxy) is 1. The minimum absolute atomic E-state index is 0.720. The van der Waals surface area contributed by atoms with E-state index in [1.807, 2.05) is 6.92 Å². The van der Waals surface area contributed by atoms with Gasteiger partial charge in [-0.3, -0.25) is 0 Å². The average Bonchev–Trinajstić information content (AvgIpc) is 2.48. The van der Waals surface area contributed by atoms with Gasteiger partial charge < -0.3 is 10.1 Å². The summed E-state index contributed by atoms with van der Waals surface area (Å²) in [6.07, 6.45) is 7.89. The van der Waals surface area contributed by atoms with Gasteiger partial charge in [0.2, 0.25) is 5.88 Å². The topological polar surface area (TPSA) is 34.2 Å². The van der Waals surface area contributed by atoms with Crippen LogP contribution in [0.25, 0.3) is 0 Å². The van der Waals surface area contributed by atoms with Gasteiger partial charge in [0.05, 0.1) is 6.61 Å². The van der Waals surface area contributed by atoms with Crippen molar-refractivity contribution >= 4 is 0 Å². The van der Waals surface area contributed by atoms with Crippen LogP contribution in [0.4, 0.5) is 0 Å². The summed E-state index contributed by atoms with van der Waals surface area (Å²) in [7, 11) is 0. The van der Waals surface area contributed by atoms with Crippen molar-refractivity contribution < 1.29 is 4.74 Å². The molecular formula is C18H30N2O. The number of aryl methyl sites for hydroxylation is 2. The molecule has 0 amide bonds. The second-order valence-electron chi connectivity index (χ2n) is 6.36. The Morgan fingerprint density at radius 1 is 1.24 bits per heavy atom. The molecule has 21 heavy (non-hydrogen) atoms. The Morgan fingerprint density at radius 2 is 2.00 bits per heavy atom. The van der Waals surface area contributed by atoms with Gasteiger partial charge in [-0.15, -0.1) is 0 Å². The maximum Gasteiger partial charge on any atom is 0.218 e. The van der Waals surface area contributed by atoms with Crippen LogP contribution in [0.15, 0.2) is 6.07 Å². The summed E-state index contributed by atoms with van der Waals surface area (Å²) in [6, 6.07) is 2.15. The van der Waals surface area contributed by atoms with Gasteiger partial charge in [-0.25, -0.2) is 4.98 Å². The standard InChI is InChI=1S/C18H30N2O/c1-4-10-19-12-17-14(2)11-15(3)20-18(17)21-13-16-8-6-5-7-9-16/h11,16,19H,4-10,12-13H2,1-3H3. The highest BCUT2D eigenvalue weighted by Crippen LogP contribution is 2.26. The summed E-state index contributed by atoms with van der Waals surface area (Å²) in [5.74, 6) is 1.57. The van der Waals surface area contributed by atoms with E-state index in [2.05, 4.69) is 30.2 Å². The molecule has 3 nitrogen and oxygen atoms in total. The van der Waals surface area contributed by atoms with E-state index in [1.54, 1.807) is 0 Å². The summed E-state index contributed by atoms with van der Waals surface area (Å²) in [6.45, 7) is 9.11. The lowest BCUT2D eigenvalue weighted by Crippen LogP contribution is -2.19. The van der Waals surface area contributed by atoms with Gasteiger partial charge >= 0.3 is 0 Å². The number of hydrogen-bond acceptors (Lipinski definition) is 3. The number of aromatic nitrogens is 1. The first kappa shape index (κ1) is 16.3. The smallest absolute Gasteiger partial charge is 0.218 e. The van der Waals surface area contributed by atoms with Crippen molar-refractivity contribution in [3.8, 4) is 5.88 Å². The predicted octanol–water partition coefficient (Wildman–Crippen LogP) is 4.16. The van der Waals surface area contributed by atoms with Crippen LogP contribution in [0.1, 0.15) is 62.3 Å². The summed E-state index contributed by atoms with van der Waals surface area (Å²) < 4.78 is 6.12. The fourth-order valence-corrected chi connectivity index (χ4v) is 3.10. The van der Waals surface area contributed by atoms with E-state index in [0.717, 1.165) is 43.6 Å². The molecule has 1 aliphatic carbocycles. The summed E-state index contributed by atoms with van der Waals surface area (Å²) in [4.78, 5) is 4.63. The molecule has 0 atom stereocenters. The molecule has 3 heteroatoms. The molecule has 0 unspecified atom stereocenters. The first-order chi connectivity index (χ1) is 10.2. The van der Waals surface area contributed by atoms with Crippen LogP contribution < -0.4 is 10.1 Å². The molecular weight excluding hydrogens is 260 g/mol. The van der Waals surface area contributed by atoms with E-state index < -0.39 is 0 Å². The molecule has 1 aliphatic rings. The zero-order valence-electron chi connectivity index (χ0n) is 13.9. The van der Waals surface area contributed by atoms with E-state index in [0.29, 0.717) is 0 Å². The van der Waals surface area contributed by atoms with E-state index in [9.17, 15) is 0 Å². The Kier molecular flexibility index (Phi) is 6.50. The summed E-state index contributed by atoms with van der Waals surface area (Å²) >= 11 is 0. The van der Waals surface area contributed by atoms with Crippen LogP contribution in [0.3, 0.4) is 0 Å². The molecule has 1 N–H and O–H groups in total. The first-order valence-corrected chi connectivity index (χ1v) is 8.51. The van der Waals surface area contributed by atoms with Crippen molar-refractivity contribution in [1.82, 2.24) is 10.3 Å². The molecule has 1 aromatic heterocycles. The Morgan fingerprint density at radius 3 is 2.71 bits per heavy atom. The molecule has 0 spiro atoms. The van der Waals surface area contributed by atoms with Crippen molar-refractivity contribution in [2.24, 2.45) is 5.92 Å². The normalized spacial score (nSPS) is 16.1. The van der Waals surface area contributed by atoms with E-state index in [4.69, 9.17) is 4.74 Å². The molecule has 0 saturated heterocycles. The van der Waals surface area contributed by atoms with E-state index in [-0.39, 0.29) is 0 Å². The van der Waals surface area contributed by atoms with Crippen LogP contribution in [0.2, 0.25) is 0 Å². The van der Waals surface area contributed by atoms with Crippen LogP contribution in [-0.4, -0.2) is 18.1 Å². The van der Waals surface area contributed by atoms with Crippen LogP contribution in [0.5, 0.6) is 5.88 Å². The van der Waals surface area contributed by atoms with Gasteiger partial charge in [0.15, 0.2) is 0 Å². The van der Waals surface area contributed by atoms with E-state index in [1.165, 1.54) is 43.2 Å². The van der Waals surface area contributed by atoms with Crippen molar-refractivity contribution in [3.05, 3.63) is 22.9 Å². The third-order valence-electron chi connectivity index (χ3n) is 4.35. The zero-order chi connectivity index (χ0) is 15.1. The lowest BCUT2D eigenvalue weighted by atomic mass is 9.90. The molecule has 2 rings (SSSR count). The third-order valence-corrected chi connectivity index (χ3v) is 4.35. The second kappa shape index (κ2) is 8.38. The molecule has 0 radical (unpaired) electrons. The number of hydrogen-bond donors (Lipinski definition) is 1. The highest BCUT2D eigenvalue weighted by atomic mass is 16.5. The fraction of sp³-hybridized carbons (Fsp3) is 0.722. The second-order valence-corrected chi connectivity index (χ2v) is 6.36. The molecule has 1 heterocycles. The van der Waals surface area contributed by atoms with Crippen molar-refractivity contribution in [3.63, 3.8) is 0 Å². The van der Waals surface area contributed by atoms with Crippen molar-refractivity contribution in [2.45, 2.75) is 65.8 Å². The maximum atomic E-state index is 6.12. The van der Waals surface area contributed by atoms with Crippen LogP contribution >= 0.6 is 0 Å². The summed E-state index contributed by atoms with van der Waals surface area (Å²) in [5.41, 5.74) is 3.56. The van der Waals surface area contributed by atoms with E-state index >= 15 is 0 Å². The predicted molar refractivity (Wildman–Crippen MR) is 87.8 cm³/mol. The van der Waals surface area contributed by atoms with Gasteiger partial charge in [-0.2, -0.15) is 0 Å². The molecule has 1 aromatic rings. The Hall–Kier alpha value is -1.09. The van der Waals surface area contributed by atoms with Gasteiger partial charge in [-0.05, 0) is 57.2 Å². The minimum Gasteiger partial charge on any atom is -0.477 e. The van der Waals surface area contributed by atoms with Crippen LogP contribution in [-0.2, 0) is 6.54 Å². The van der Waals surface area contributed by atoms with Gasteiger partial charge in [0, 0.05) is 17.8 Å². The largest absolute Gasteiger partial charge is 0.477 e. The monoisotopic (exact) mass is 290 g/mol. The van der Waals surface area contributed by atoms with Crippen molar-refractivity contribution in [1.29, 1.82) is 0 Å². The molecule has 0 aromatic carbocycles. The highest BCUT2D eigenvalue weighted by molar-refractivity contribution is 5.35. The molecule has 0 bridgehead atoms. The summed E-state index contributed by atoms with van der Waals surface area (Å²) in [5, 5.41) is 3.47. The average molecular weight is 290 g/mol. The SMILES string of the molecule is CCCNCc1c(C)cc(C)nc1OCC1CCCCC1. The minimum atomic E-state index is 0.720. The Balaban J connectivity index is 2.01. The number of rotatable bonds is 7. The fourth-order valence-electron chi connectivity index (χ4n) is 3.10. The van der Waals surface area contributed by atoms with Crippen molar-refractivity contribution in [2.75, 3.05) is 13.2 Å². The Labute approximate surface area is 129 Å². The quantitative estimate of drug-likeness (QED) is 0.766. The highest BCUT2D eigenvalue weighted by Gasteiger charge is 2.16. The maximum absolute atomic E-state index is 6.12. The third kappa shape index (κ3) is 4.99. The number of pyridine rings is 1. The molecule has 1 fully saturated rings. The number of nitrogens with zero attached hydrogens (tertiary/aromatic N) is 1. The lowest BCUT2D eigenvalue weighted by Gasteiger charge is -2.22.